The predicted octanol–water partition coefficient (Wildman–Crippen LogP) is 10.0. The lowest BCUT2D eigenvalue weighted by molar-refractivity contribution is 1.33. The number of benzene rings is 5. The van der Waals surface area contributed by atoms with Gasteiger partial charge >= 0.3 is 0 Å². The minimum absolute atomic E-state index is 1.04. The van der Waals surface area contributed by atoms with Gasteiger partial charge in [-0.25, -0.2) is 4.98 Å². The Morgan fingerprint density at radius 3 is 1.49 bits per heavy atom. The highest BCUT2D eigenvalue weighted by molar-refractivity contribution is 7.21. The molecule has 0 saturated heterocycles. The normalized spacial score (nSPS) is 11.1. The molecule has 2 aromatic heterocycles. The molecule has 0 aliphatic carbocycles. The van der Waals surface area contributed by atoms with E-state index in [-0.39, 0.29) is 0 Å². The second-order valence-corrected chi connectivity index (χ2v) is 10.6. The summed E-state index contributed by atoms with van der Waals surface area (Å²) >= 11 is 1.74. The molecule has 2 nitrogen and oxygen atoms in total. The Morgan fingerprint density at radius 2 is 0.897 bits per heavy atom. The maximum atomic E-state index is 4.99. The molecule has 0 radical (unpaired) electrons. The molecule has 0 aliphatic heterocycles. The Hall–Kier alpha value is -4.86. The quantitative estimate of drug-likeness (QED) is 0.227. The summed E-state index contributed by atoms with van der Waals surface area (Å²) in [6, 6.07) is 47.2. The average molecular weight is 517 g/mol. The van der Waals surface area contributed by atoms with Crippen LogP contribution in [0.3, 0.4) is 0 Å². The van der Waals surface area contributed by atoms with Crippen molar-refractivity contribution in [3.05, 3.63) is 146 Å². The van der Waals surface area contributed by atoms with Crippen molar-refractivity contribution in [2.24, 2.45) is 0 Å². The molecule has 7 aromatic rings. The summed E-state index contributed by atoms with van der Waals surface area (Å²) in [4.78, 5) is 9.22. The van der Waals surface area contributed by atoms with Crippen LogP contribution in [0.15, 0.2) is 146 Å². The summed E-state index contributed by atoms with van der Waals surface area (Å²) in [7, 11) is 0. The maximum absolute atomic E-state index is 4.99. The van der Waals surface area contributed by atoms with E-state index in [1.54, 1.807) is 17.5 Å². The molecule has 184 valence electrons. The van der Waals surface area contributed by atoms with E-state index in [0.717, 1.165) is 21.7 Å². The number of rotatable bonds is 5. The van der Waals surface area contributed by atoms with Gasteiger partial charge in [-0.05, 0) is 62.7 Å². The summed E-state index contributed by atoms with van der Waals surface area (Å²) < 4.78 is 1.20. The summed E-state index contributed by atoms with van der Waals surface area (Å²) in [5.41, 5.74) is 11.7. The smallest absolute Gasteiger partial charge is 0.124 e. The third-order valence-electron chi connectivity index (χ3n) is 7.06. The first-order chi connectivity index (χ1) is 19.3. The Kier molecular flexibility index (Phi) is 6.04. The topological polar surface area (TPSA) is 25.8 Å². The van der Waals surface area contributed by atoms with Gasteiger partial charge in [0.1, 0.15) is 5.01 Å². The van der Waals surface area contributed by atoms with Crippen LogP contribution in [0.5, 0.6) is 0 Å². The number of hydrogen-bond donors (Lipinski definition) is 0. The maximum Gasteiger partial charge on any atom is 0.124 e. The standard InChI is InChI=1S/C36H24N2S/c1-2-5-25(6-3-1)26-8-12-29(13-9-26)32-20-21-35-34(23-32)38-36(39-35)31-18-16-28(17-19-31)27-10-14-30(15-11-27)33-7-4-22-37-24-33/h1-24H. The Morgan fingerprint density at radius 1 is 0.410 bits per heavy atom. The first kappa shape index (κ1) is 23.3. The highest BCUT2D eigenvalue weighted by atomic mass is 32.1. The lowest BCUT2D eigenvalue weighted by atomic mass is 10.0. The molecule has 7 rings (SSSR count). The molecule has 0 N–H and O–H groups in total. The number of aromatic nitrogens is 2. The van der Waals surface area contributed by atoms with Gasteiger partial charge in [0.25, 0.3) is 0 Å². The fraction of sp³-hybridized carbons (Fsp3) is 0. The number of thiazole rings is 1. The average Bonchev–Trinajstić information content (AvgIpc) is 3.46. The minimum Gasteiger partial charge on any atom is -0.264 e. The lowest BCUT2D eigenvalue weighted by Crippen LogP contribution is -1.82. The van der Waals surface area contributed by atoms with E-state index in [0.29, 0.717) is 0 Å². The Balaban J connectivity index is 1.12. The van der Waals surface area contributed by atoms with Crippen LogP contribution in [0.25, 0.3) is 65.3 Å². The van der Waals surface area contributed by atoms with Gasteiger partial charge in [-0.15, -0.1) is 11.3 Å². The minimum atomic E-state index is 1.04. The molecular weight excluding hydrogens is 492 g/mol. The Bertz CT molecular complexity index is 1850. The zero-order valence-electron chi connectivity index (χ0n) is 21.2. The second kappa shape index (κ2) is 10.1. The molecule has 0 bridgehead atoms. The van der Waals surface area contributed by atoms with E-state index in [9.17, 15) is 0 Å². The Labute approximate surface area is 231 Å². The molecule has 0 atom stereocenters. The summed E-state index contributed by atoms with van der Waals surface area (Å²) in [6.45, 7) is 0. The van der Waals surface area contributed by atoms with Crippen molar-refractivity contribution < 1.29 is 0 Å². The van der Waals surface area contributed by atoms with Crippen molar-refractivity contribution in [2.45, 2.75) is 0 Å². The van der Waals surface area contributed by atoms with Gasteiger partial charge in [0.05, 0.1) is 10.2 Å². The molecule has 0 saturated carbocycles. The van der Waals surface area contributed by atoms with E-state index in [4.69, 9.17) is 4.98 Å². The van der Waals surface area contributed by atoms with E-state index in [2.05, 4.69) is 126 Å². The van der Waals surface area contributed by atoms with Crippen molar-refractivity contribution in [1.82, 2.24) is 9.97 Å². The monoisotopic (exact) mass is 516 g/mol. The largest absolute Gasteiger partial charge is 0.264 e. The SMILES string of the molecule is c1ccc(-c2ccc(-c3ccc4sc(-c5ccc(-c6ccc(-c7cccnc7)cc6)cc5)nc4c3)cc2)cc1. The molecule has 39 heavy (non-hydrogen) atoms. The number of nitrogens with zero attached hydrogens (tertiary/aromatic N) is 2. The fourth-order valence-electron chi connectivity index (χ4n) is 4.91. The zero-order valence-corrected chi connectivity index (χ0v) is 22.0. The molecule has 3 heteroatoms. The van der Waals surface area contributed by atoms with Crippen LogP contribution in [-0.2, 0) is 0 Å². The van der Waals surface area contributed by atoms with Crippen LogP contribution < -0.4 is 0 Å². The van der Waals surface area contributed by atoms with Crippen LogP contribution in [0.1, 0.15) is 0 Å². The highest BCUT2D eigenvalue weighted by Crippen LogP contribution is 2.34. The third-order valence-corrected chi connectivity index (χ3v) is 8.14. The zero-order chi connectivity index (χ0) is 26.0. The highest BCUT2D eigenvalue weighted by Gasteiger charge is 2.09. The van der Waals surface area contributed by atoms with E-state index in [1.165, 1.54) is 43.6 Å². The van der Waals surface area contributed by atoms with Gasteiger partial charge in [-0.3, -0.25) is 4.98 Å². The van der Waals surface area contributed by atoms with Crippen LogP contribution >= 0.6 is 11.3 Å². The number of pyridine rings is 1. The van der Waals surface area contributed by atoms with Gasteiger partial charge in [0.15, 0.2) is 0 Å². The molecule has 0 spiro atoms. The van der Waals surface area contributed by atoms with Crippen molar-refractivity contribution in [3.8, 4) is 55.1 Å². The van der Waals surface area contributed by atoms with Gasteiger partial charge in [-0.1, -0.05) is 115 Å². The summed E-state index contributed by atoms with van der Waals surface area (Å²) in [5.74, 6) is 0. The van der Waals surface area contributed by atoms with Gasteiger partial charge in [0, 0.05) is 18.0 Å². The molecule has 2 heterocycles. The van der Waals surface area contributed by atoms with E-state index >= 15 is 0 Å². The molecule has 0 fully saturated rings. The van der Waals surface area contributed by atoms with E-state index in [1.807, 2.05) is 18.3 Å². The number of fused-ring (bicyclic) bond motifs is 1. The molecule has 5 aromatic carbocycles. The first-order valence-electron chi connectivity index (χ1n) is 13.0. The third kappa shape index (κ3) is 4.76. The molecule has 0 amide bonds. The fourth-order valence-corrected chi connectivity index (χ4v) is 5.86. The van der Waals surface area contributed by atoms with Crippen molar-refractivity contribution in [2.75, 3.05) is 0 Å². The van der Waals surface area contributed by atoms with Crippen LogP contribution in [0, 0.1) is 0 Å². The van der Waals surface area contributed by atoms with Crippen LogP contribution in [-0.4, -0.2) is 9.97 Å². The van der Waals surface area contributed by atoms with Crippen LogP contribution in [0.2, 0.25) is 0 Å². The summed E-state index contributed by atoms with van der Waals surface area (Å²) in [5, 5.41) is 1.04. The predicted molar refractivity (Wildman–Crippen MR) is 165 cm³/mol. The number of hydrogen-bond acceptors (Lipinski definition) is 3. The lowest BCUT2D eigenvalue weighted by Gasteiger charge is -2.05. The van der Waals surface area contributed by atoms with Crippen molar-refractivity contribution in [3.63, 3.8) is 0 Å². The van der Waals surface area contributed by atoms with Crippen molar-refractivity contribution >= 4 is 21.6 Å². The summed E-state index contributed by atoms with van der Waals surface area (Å²) in [6.07, 6.45) is 3.70. The van der Waals surface area contributed by atoms with E-state index < -0.39 is 0 Å². The van der Waals surface area contributed by atoms with Crippen LogP contribution in [0.4, 0.5) is 0 Å². The van der Waals surface area contributed by atoms with Gasteiger partial charge in [0.2, 0.25) is 0 Å². The van der Waals surface area contributed by atoms with Crippen molar-refractivity contribution in [1.29, 1.82) is 0 Å². The molecule has 0 aliphatic rings. The van der Waals surface area contributed by atoms with Gasteiger partial charge < -0.3 is 0 Å². The molecular formula is C36H24N2S. The molecule has 0 unspecified atom stereocenters. The first-order valence-corrected chi connectivity index (χ1v) is 13.8. The second-order valence-electron chi connectivity index (χ2n) is 9.54. The van der Waals surface area contributed by atoms with Gasteiger partial charge in [-0.2, -0.15) is 0 Å².